The van der Waals surface area contributed by atoms with Crippen molar-refractivity contribution in [2.24, 2.45) is 0 Å². The van der Waals surface area contributed by atoms with Gasteiger partial charge in [0.1, 0.15) is 5.58 Å². The van der Waals surface area contributed by atoms with E-state index in [9.17, 15) is 33.3 Å². The Morgan fingerprint density at radius 1 is 0.958 bits per heavy atom. The Morgan fingerprint density at radius 3 is 2.29 bits per heavy atom. The first-order valence-corrected chi connectivity index (χ1v) is 6.58. The lowest BCUT2D eigenvalue weighted by atomic mass is 10.1. The first kappa shape index (κ1) is 15.7. The Balaban J connectivity index is 2.30. The second-order valence-corrected chi connectivity index (χ2v) is 5.02. The molecule has 0 aliphatic rings. The van der Waals surface area contributed by atoms with Gasteiger partial charge in [-0.1, -0.05) is 12.1 Å². The van der Waals surface area contributed by atoms with Crippen LogP contribution < -0.4 is 5.43 Å². The number of benzene rings is 2. The average Bonchev–Trinajstić information content (AvgIpc) is 2.52. The predicted molar refractivity (Wildman–Crippen MR) is 77.9 cm³/mol. The van der Waals surface area contributed by atoms with Crippen molar-refractivity contribution >= 4 is 11.0 Å². The van der Waals surface area contributed by atoms with Crippen LogP contribution in [0.25, 0.3) is 22.3 Å². The van der Waals surface area contributed by atoms with Crippen LogP contribution in [0.1, 0.15) is 5.56 Å². The number of rotatable bonds is 1. The van der Waals surface area contributed by atoms with Gasteiger partial charge in [0.15, 0.2) is 17.3 Å². The van der Waals surface area contributed by atoms with E-state index in [4.69, 9.17) is 4.42 Å². The van der Waals surface area contributed by atoms with Crippen LogP contribution in [0.15, 0.2) is 45.6 Å². The zero-order valence-electron chi connectivity index (χ0n) is 11.8. The molecule has 3 aromatic rings. The summed E-state index contributed by atoms with van der Waals surface area (Å²) in [6.07, 6.45) is -4.60. The van der Waals surface area contributed by atoms with Crippen LogP contribution >= 0.6 is 0 Å². The normalized spacial score (nSPS) is 11.8. The third-order valence-electron chi connectivity index (χ3n) is 3.42. The first-order chi connectivity index (χ1) is 11.2. The van der Waals surface area contributed by atoms with Crippen molar-refractivity contribution in [1.29, 1.82) is 0 Å². The summed E-state index contributed by atoms with van der Waals surface area (Å²) >= 11 is 0. The highest BCUT2D eigenvalue weighted by Gasteiger charge is 2.31. The summed E-state index contributed by atoms with van der Waals surface area (Å²) in [5, 5.41) is 28.6. The van der Waals surface area contributed by atoms with Gasteiger partial charge in [-0.3, -0.25) is 4.79 Å². The average molecular weight is 338 g/mol. The van der Waals surface area contributed by atoms with Crippen molar-refractivity contribution in [3.8, 4) is 28.6 Å². The summed E-state index contributed by atoms with van der Waals surface area (Å²) < 4.78 is 43.7. The molecule has 0 saturated carbocycles. The molecule has 0 spiro atoms. The number of hydrogen-bond donors (Lipinski definition) is 3. The molecule has 0 aliphatic heterocycles. The molecular weight excluding hydrogens is 329 g/mol. The van der Waals surface area contributed by atoms with Crippen LogP contribution in [0.4, 0.5) is 13.2 Å². The van der Waals surface area contributed by atoms with E-state index >= 15 is 0 Å². The SMILES string of the molecule is O=c1c(O)c(-c2cccc(C(F)(F)F)c2)oc2cc(O)c(O)cc12. The molecule has 124 valence electrons. The minimum absolute atomic E-state index is 0.158. The second kappa shape index (κ2) is 5.19. The van der Waals surface area contributed by atoms with Crippen molar-refractivity contribution in [2.75, 3.05) is 0 Å². The summed E-state index contributed by atoms with van der Waals surface area (Å²) in [5.74, 6) is -2.54. The third kappa shape index (κ3) is 2.51. The van der Waals surface area contributed by atoms with E-state index in [-0.39, 0.29) is 16.5 Å². The Labute approximate surface area is 131 Å². The van der Waals surface area contributed by atoms with E-state index in [1.807, 2.05) is 0 Å². The van der Waals surface area contributed by atoms with E-state index in [1.54, 1.807) is 0 Å². The molecular formula is C16H9F3O5. The lowest BCUT2D eigenvalue weighted by molar-refractivity contribution is -0.137. The lowest BCUT2D eigenvalue weighted by Crippen LogP contribution is -2.05. The summed E-state index contributed by atoms with van der Waals surface area (Å²) in [6, 6.07) is 5.73. The maximum absolute atomic E-state index is 12.8. The maximum Gasteiger partial charge on any atom is 0.416 e. The fourth-order valence-electron chi connectivity index (χ4n) is 2.24. The predicted octanol–water partition coefficient (Wildman–Crippen LogP) is 3.60. The van der Waals surface area contributed by atoms with Crippen molar-refractivity contribution in [3.05, 3.63) is 52.2 Å². The molecule has 1 heterocycles. The highest BCUT2D eigenvalue weighted by Crippen LogP contribution is 2.37. The molecule has 3 N–H and O–H groups in total. The van der Waals surface area contributed by atoms with Crippen LogP contribution in [-0.4, -0.2) is 15.3 Å². The smallest absolute Gasteiger partial charge is 0.416 e. The van der Waals surface area contributed by atoms with Gasteiger partial charge in [0.25, 0.3) is 0 Å². The van der Waals surface area contributed by atoms with Crippen LogP contribution in [0.2, 0.25) is 0 Å². The number of phenolic OH excluding ortho intramolecular Hbond substituents is 2. The lowest BCUT2D eigenvalue weighted by Gasteiger charge is -2.10. The number of hydrogen-bond acceptors (Lipinski definition) is 5. The monoisotopic (exact) mass is 338 g/mol. The molecule has 0 radical (unpaired) electrons. The van der Waals surface area contributed by atoms with Gasteiger partial charge in [-0.2, -0.15) is 13.2 Å². The number of phenols is 2. The third-order valence-corrected chi connectivity index (χ3v) is 3.42. The fraction of sp³-hybridized carbons (Fsp3) is 0.0625. The molecule has 0 aliphatic carbocycles. The topological polar surface area (TPSA) is 90.9 Å². The van der Waals surface area contributed by atoms with E-state index in [0.717, 1.165) is 30.3 Å². The molecule has 8 heteroatoms. The van der Waals surface area contributed by atoms with Crippen molar-refractivity contribution in [3.63, 3.8) is 0 Å². The largest absolute Gasteiger partial charge is 0.504 e. The van der Waals surface area contributed by atoms with Crippen LogP contribution in [0, 0.1) is 0 Å². The van der Waals surface area contributed by atoms with Gasteiger partial charge in [-0.05, 0) is 18.2 Å². The molecule has 2 aromatic carbocycles. The second-order valence-electron chi connectivity index (χ2n) is 5.02. The van der Waals surface area contributed by atoms with Gasteiger partial charge in [0.2, 0.25) is 11.2 Å². The van der Waals surface area contributed by atoms with Gasteiger partial charge in [-0.25, -0.2) is 0 Å². The van der Waals surface area contributed by atoms with E-state index in [2.05, 4.69) is 0 Å². The molecule has 5 nitrogen and oxygen atoms in total. The quantitative estimate of drug-likeness (QED) is 0.590. The van der Waals surface area contributed by atoms with Gasteiger partial charge in [0.05, 0.1) is 10.9 Å². The molecule has 0 amide bonds. The van der Waals surface area contributed by atoms with Gasteiger partial charge in [0, 0.05) is 11.6 Å². The zero-order chi connectivity index (χ0) is 17.6. The molecule has 0 unspecified atom stereocenters. The number of alkyl halides is 3. The van der Waals surface area contributed by atoms with Gasteiger partial charge >= 0.3 is 6.18 Å². The Morgan fingerprint density at radius 2 is 1.62 bits per heavy atom. The zero-order valence-corrected chi connectivity index (χ0v) is 11.8. The molecule has 0 fully saturated rings. The standard InChI is InChI=1S/C16H9F3O5/c17-16(18,19)8-3-1-2-7(4-8)15-14(23)13(22)9-5-10(20)11(21)6-12(9)24-15/h1-6,20-21,23H. The fourth-order valence-corrected chi connectivity index (χ4v) is 2.24. The molecule has 0 bridgehead atoms. The molecule has 0 atom stereocenters. The van der Waals surface area contributed by atoms with Crippen molar-refractivity contribution in [2.45, 2.75) is 6.18 Å². The molecule has 3 rings (SSSR count). The van der Waals surface area contributed by atoms with Crippen molar-refractivity contribution in [1.82, 2.24) is 0 Å². The summed E-state index contributed by atoms with van der Waals surface area (Å²) in [4.78, 5) is 12.1. The minimum atomic E-state index is -4.60. The summed E-state index contributed by atoms with van der Waals surface area (Å²) in [6.45, 7) is 0. The summed E-state index contributed by atoms with van der Waals surface area (Å²) in [5.41, 5.74) is -2.27. The molecule has 24 heavy (non-hydrogen) atoms. The molecule has 0 saturated heterocycles. The van der Waals surface area contributed by atoms with Crippen LogP contribution in [0.3, 0.4) is 0 Å². The maximum atomic E-state index is 12.8. The van der Waals surface area contributed by atoms with E-state index in [1.165, 1.54) is 6.07 Å². The highest BCUT2D eigenvalue weighted by molar-refractivity contribution is 5.84. The van der Waals surface area contributed by atoms with Crippen molar-refractivity contribution < 1.29 is 32.9 Å². The van der Waals surface area contributed by atoms with Crippen LogP contribution in [0.5, 0.6) is 17.2 Å². The van der Waals surface area contributed by atoms with Gasteiger partial charge in [-0.15, -0.1) is 0 Å². The minimum Gasteiger partial charge on any atom is -0.504 e. The number of fused-ring (bicyclic) bond motifs is 1. The Bertz CT molecular complexity index is 1000. The number of aromatic hydroxyl groups is 3. The van der Waals surface area contributed by atoms with Crippen LogP contribution in [-0.2, 0) is 6.18 Å². The van der Waals surface area contributed by atoms with E-state index in [0.29, 0.717) is 0 Å². The number of halogens is 3. The highest BCUT2D eigenvalue weighted by atomic mass is 19.4. The first-order valence-electron chi connectivity index (χ1n) is 6.58. The Kier molecular flexibility index (Phi) is 3.40. The Hall–Kier alpha value is -3.16. The molecule has 1 aromatic heterocycles. The van der Waals surface area contributed by atoms with E-state index < -0.39 is 40.2 Å². The summed E-state index contributed by atoms with van der Waals surface area (Å²) in [7, 11) is 0. The van der Waals surface area contributed by atoms with Gasteiger partial charge < -0.3 is 19.7 Å².